The highest BCUT2D eigenvalue weighted by molar-refractivity contribution is 5.79. The van der Waals surface area contributed by atoms with E-state index in [4.69, 9.17) is 9.26 Å². The van der Waals surface area contributed by atoms with Gasteiger partial charge in [0, 0.05) is 11.5 Å². The number of aromatic nitrogens is 2. The van der Waals surface area contributed by atoms with Gasteiger partial charge >= 0.3 is 0 Å². The lowest BCUT2D eigenvalue weighted by Crippen LogP contribution is -2.42. The number of benzene rings is 2. The Balaban J connectivity index is 1.30. The van der Waals surface area contributed by atoms with Gasteiger partial charge in [-0.15, -0.1) is 0 Å². The third-order valence-corrected chi connectivity index (χ3v) is 6.62. The fourth-order valence-corrected chi connectivity index (χ4v) is 4.53. The number of amides is 1. The van der Waals surface area contributed by atoms with E-state index < -0.39 is 0 Å². The number of rotatable bonds is 8. The number of hydrogen-bond acceptors (Lipinski definition) is 6. The van der Waals surface area contributed by atoms with Crippen LogP contribution in [0.5, 0.6) is 5.75 Å². The molecule has 7 nitrogen and oxygen atoms in total. The highest BCUT2D eigenvalue weighted by Crippen LogP contribution is 2.27. The van der Waals surface area contributed by atoms with E-state index in [-0.39, 0.29) is 17.9 Å². The van der Waals surface area contributed by atoms with Gasteiger partial charge in [0.1, 0.15) is 5.75 Å². The van der Waals surface area contributed by atoms with Crippen molar-refractivity contribution in [3.8, 4) is 17.1 Å². The van der Waals surface area contributed by atoms with Crippen LogP contribution in [-0.4, -0.2) is 41.1 Å². The van der Waals surface area contributed by atoms with Crippen molar-refractivity contribution in [2.45, 2.75) is 46.2 Å². The van der Waals surface area contributed by atoms with E-state index in [2.05, 4.69) is 53.3 Å². The number of carbonyl (C=O) groups is 1. The topological polar surface area (TPSA) is 80.5 Å². The lowest BCUT2D eigenvalue weighted by Gasteiger charge is -2.32. The van der Waals surface area contributed by atoms with Gasteiger partial charge in [-0.25, -0.2) is 0 Å². The number of likely N-dealkylation sites (tertiary alicyclic amines) is 1. The maximum Gasteiger partial charge on any atom is 0.241 e. The second kappa shape index (κ2) is 10.8. The number of ether oxygens (including phenoxy) is 1. The van der Waals surface area contributed by atoms with Crippen LogP contribution in [-0.2, 0) is 11.3 Å². The number of carbonyl (C=O) groups excluding carboxylic acids is 1. The average molecular weight is 463 g/mol. The Morgan fingerprint density at radius 1 is 1.15 bits per heavy atom. The summed E-state index contributed by atoms with van der Waals surface area (Å²) in [6.07, 6.45) is 1.65. The van der Waals surface area contributed by atoms with Crippen molar-refractivity contribution in [3.63, 3.8) is 0 Å². The molecule has 1 aliphatic rings. The molecule has 1 amide bonds. The van der Waals surface area contributed by atoms with E-state index in [0.717, 1.165) is 37.2 Å². The Hall–Kier alpha value is -3.19. The summed E-state index contributed by atoms with van der Waals surface area (Å²) >= 11 is 0. The Bertz CT molecular complexity index is 1090. The van der Waals surface area contributed by atoms with Crippen LogP contribution in [0.3, 0.4) is 0 Å². The second-order valence-corrected chi connectivity index (χ2v) is 9.38. The van der Waals surface area contributed by atoms with Crippen LogP contribution < -0.4 is 10.1 Å². The van der Waals surface area contributed by atoms with E-state index in [1.165, 1.54) is 11.1 Å². The van der Waals surface area contributed by atoms with Gasteiger partial charge in [0.05, 0.1) is 19.7 Å². The SMILES string of the molecule is COc1ccc(-c2noc(CN3CCC(C(=O)NC(c4ccccc4C)C(C)C)CC3)n2)cc1. The minimum absolute atomic E-state index is 0.0269. The molecule has 0 spiro atoms. The van der Waals surface area contributed by atoms with Gasteiger partial charge in [-0.2, -0.15) is 4.98 Å². The zero-order valence-electron chi connectivity index (χ0n) is 20.5. The molecular formula is C27H34N4O3. The Morgan fingerprint density at radius 2 is 1.85 bits per heavy atom. The van der Waals surface area contributed by atoms with Crippen LogP contribution in [0.25, 0.3) is 11.4 Å². The highest BCUT2D eigenvalue weighted by atomic mass is 16.5. The summed E-state index contributed by atoms with van der Waals surface area (Å²) in [6.45, 7) is 8.67. The summed E-state index contributed by atoms with van der Waals surface area (Å²) in [6, 6.07) is 15.9. The van der Waals surface area contributed by atoms with Crippen molar-refractivity contribution >= 4 is 5.91 Å². The molecule has 1 aromatic heterocycles. The molecule has 0 bridgehead atoms. The Labute approximate surface area is 201 Å². The number of hydrogen-bond donors (Lipinski definition) is 1. The monoisotopic (exact) mass is 462 g/mol. The van der Waals surface area contributed by atoms with Crippen molar-refractivity contribution in [1.29, 1.82) is 0 Å². The first kappa shape index (κ1) is 24.0. The van der Waals surface area contributed by atoms with Crippen LogP contribution in [0.4, 0.5) is 0 Å². The minimum Gasteiger partial charge on any atom is -0.497 e. The zero-order valence-corrected chi connectivity index (χ0v) is 20.5. The first-order valence-corrected chi connectivity index (χ1v) is 12.0. The molecule has 1 aliphatic heterocycles. The molecule has 7 heteroatoms. The largest absolute Gasteiger partial charge is 0.497 e. The lowest BCUT2D eigenvalue weighted by atomic mass is 9.90. The molecular weight excluding hydrogens is 428 g/mol. The van der Waals surface area contributed by atoms with Gasteiger partial charge < -0.3 is 14.6 Å². The molecule has 180 valence electrons. The maximum absolute atomic E-state index is 13.1. The summed E-state index contributed by atoms with van der Waals surface area (Å²) in [7, 11) is 1.64. The summed E-state index contributed by atoms with van der Waals surface area (Å²) in [5.41, 5.74) is 3.30. The smallest absolute Gasteiger partial charge is 0.241 e. The number of nitrogens with zero attached hydrogens (tertiary/aromatic N) is 3. The molecule has 0 aliphatic carbocycles. The molecule has 4 rings (SSSR count). The first-order valence-electron chi connectivity index (χ1n) is 12.0. The number of piperidine rings is 1. The second-order valence-electron chi connectivity index (χ2n) is 9.38. The van der Waals surface area contributed by atoms with Crippen molar-refractivity contribution in [2.24, 2.45) is 11.8 Å². The van der Waals surface area contributed by atoms with Crippen LogP contribution in [0.15, 0.2) is 53.1 Å². The molecule has 3 aromatic rings. The van der Waals surface area contributed by atoms with Crippen LogP contribution in [0.2, 0.25) is 0 Å². The molecule has 1 unspecified atom stereocenters. The fraction of sp³-hybridized carbons (Fsp3) is 0.444. The van der Waals surface area contributed by atoms with Crippen LogP contribution >= 0.6 is 0 Å². The van der Waals surface area contributed by atoms with Crippen LogP contribution in [0.1, 0.15) is 49.7 Å². The Kier molecular flexibility index (Phi) is 7.63. The van der Waals surface area contributed by atoms with Gasteiger partial charge in [-0.3, -0.25) is 9.69 Å². The van der Waals surface area contributed by atoms with E-state index >= 15 is 0 Å². The normalized spacial score (nSPS) is 15.9. The maximum atomic E-state index is 13.1. The summed E-state index contributed by atoms with van der Waals surface area (Å²) < 4.78 is 10.7. The Morgan fingerprint density at radius 3 is 2.50 bits per heavy atom. The molecule has 0 saturated carbocycles. The van der Waals surface area contributed by atoms with E-state index in [9.17, 15) is 4.79 Å². The molecule has 1 atom stereocenters. The average Bonchev–Trinajstić information content (AvgIpc) is 3.32. The van der Waals surface area contributed by atoms with Gasteiger partial charge in [0.25, 0.3) is 0 Å². The molecule has 2 aromatic carbocycles. The predicted octanol–water partition coefficient (Wildman–Crippen LogP) is 4.78. The molecule has 34 heavy (non-hydrogen) atoms. The number of methoxy groups -OCH3 is 1. The minimum atomic E-state index is 0.0269. The van der Waals surface area contributed by atoms with Crippen LogP contribution in [0, 0.1) is 18.8 Å². The quantitative estimate of drug-likeness (QED) is 0.519. The van der Waals surface area contributed by atoms with Crippen molar-refractivity contribution in [1.82, 2.24) is 20.4 Å². The summed E-state index contributed by atoms with van der Waals surface area (Å²) in [5.74, 6) is 2.46. The molecule has 0 radical (unpaired) electrons. The molecule has 1 saturated heterocycles. The third-order valence-electron chi connectivity index (χ3n) is 6.62. The number of nitrogens with one attached hydrogen (secondary N) is 1. The van der Waals surface area contributed by atoms with E-state index in [0.29, 0.717) is 24.2 Å². The molecule has 1 fully saturated rings. The standard InChI is InChI=1S/C27H34N4O3/c1-18(2)25(23-8-6-5-7-19(23)3)29-27(32)21-13-15-31(16-14-21)17-24-28-26(30-34-24)20-9-11-22(33-4)12-10-20/h5-12,18,21,25H,13-17H2,1-4H3,(H,29,32). The number of aryl methyl sites for hydroxylation is 1. The van der Waals surface area contributed by atoms with Gasteiger partial charge in [-0.1, -0.05) is 43.3 Å². The zero-order chi connectivity index (χ0) is 24.1. The highest BCUT2D eigenvalue weighted by Gasteiger charge is 2.29. The van der Waals surface area contributed by atoms with Crippen molar-refractivity contribution in [2.75, 3.05) is 20.2 Å². The first-order chi connectivity index (χ1) is 16.4. The van der Waals surface area contributed by atoms with E-state index in [1.54, 1.807) is 7.11 Å². The van der Waals surface area contributed by atoms with Crippen molar-refractivity contribution < 1.29 is 14.1 Å². The molecule has 2 heterocycles. The fourth-order valence-electron chi connectivity index (χ4n) is 4.53. The van der Waals surface area contributed by atoms with E-state index in [1.807, 2.05) is 36.4 Å². The predicted molar refractivity (Wildman–Crippen MR) is 131 cm³/mol. The lowest BCUT2D eigenvalue weighted by molar-refractivity contribution is -0.127. The molecule has 1 N–H and O–H groups in total. The summed E-state index contributed by atoms with van der Waals surface area (Å²) in [4.78, 5) is 19.9. The van der Waals surface area contributed by atoms with Gasteiger partial charge in [0.2, 0.25) is 17.6 Å². The van der Waals surface area contributed by atoms with Gasteiger partial charge in [0.15, 0.2) is 0 Å². The third kappa shape index (κ3) is 5.65. The van der Waals surface area contributed by atoms with Gasteiger partial charge in [-0.05, 0) is 74.2 Å². The summed E-state index contributed by atoms with van der Waals surface area (Å²) in [5, 5.41) is 7.45. The van der Waals surface area contributed by atoms with Crippen molar-refractivity contribution in [3.05, 3.63) is 65.5 Å².